The van der Waals surface area contributed by atoms with Gasteiger partial charge in [0.2, 0.25) is 0 Å². The van der Waals surface area contributed by atoms with E-state index in [0.717, 1.165) is 5.75 Å². The van der Waals surface area contributed by atoms with Gasteiger partial charge in [0.25, 0.3) is 0 Å². The number of thioether (sulfide) groups is 1. The van der Waals surface area contributed by atoms with Crippen LogP contribution < -0.4 is 0 Å². The van der Waals surface area contributed by atoms with Gasteiger partial charge in [0.15, 0.2) is 0 Å². The van der Waals surface area contributed by atoms with Crippen molar-refractivity contribution in [2.45, 2.75) is 12.6 Å². The first-order valence-electron chi connectivity index (χ1n) is 3.16. The molecule has 0 bridgehead atoms. The van der Waals surface area contributed by atoms with Gasteiger partial charge < -0.3 is 5.11 Å². The third kappa shape index (κ3) is 1.62. The topological polar surface area (TPSA) is 37.3 Å². The monoisotopic (exact) mass is 164 g/mol. The average molecular weight is 164 g/mol. The van der Waals surface area contributed by atoms with Gasteiger partial charge in [0, 0.05) is 5.75 Å². The van der Waals surface area contributed by atoms with Gasteiger partial charge in [0.1, 0.15) is 6.17 Å². The van der Waals surface area contributed by atoms with Crippen molar-refractivity contribution in [2.24, 2.45) is 5.92 Å². The molecule has 58 valence electrons. The maximum absolute atomic E-state index is 12.7. The van der Waals surface area contributed by atoms with Gasteiger partial charge in [-0.2, -0.15) is 11.8 Å². The van der Waals surface area contributed by atoms with Gasteiger partial charge >= 0.3 is 5.97 Å². The summed E-state index contributed by atoms with van der Waals surface area (Å²) in [4.78, 5) is 10.3. The van der Waals surface area contributed by atoms with Crippen LogP contribution in [0.2, 0.25) is 0 Å². The summed E-state index contributed by atoms with van der Waals surface area (Å²) < 4.78 is 12.7. The minimum absolute atomic E-state index is 0.344. The molecule has 0 aromatic heterocycles. The molecule has 0 amide bonds. The number of carboxylic acids is 1. The standard InChI is InChI=1S/C6H9FO2S/c7-5-3-10-2-1-4(5)6(8)9/h4-5H,1-3H2,(H,8,9)/t4-,5+/m0/s1. The molecule has 1 aliphatic rings. The summed E-state index contributed by atoms with van der Waals surface area (Å²) >= 11 is 1.49. The Morgan fingerprint density at radius 1 is 1.70 bits per heavy atom. The summed E-state index contributed by atoms with van der Waals surface area (Å²) in [7, 11) is 0. The van der Waals surface area contributed by atoms with Crippen molar-refractivity contribution in [3.8, 4) is 0 Å². The highest BCUT2D eigenvalue weighted by Crippen LogP contribution is 2.25. The molecule has 1 N–H and O–H groups in total. The first-order chi connectivity index (χ1) is 4.72. The van der Waals surface area contributed by atoms with Crippen LogP contribution in [0, 0.1) is 5.92 Å². The Balaban J connectivity index is 2.47. The maximum atomic E-state index is 12.7. The highest BCUT2D eigenvalue weighted by atomic mass is 32.2. The molecule has 1 rings (SSSR count). The molecule has 4 heteroatoms. The molecule has 0 aromatic rings. The van der Waals surface area contributed by atoms with Crippen LogP contribution in [0.4, 0.5) is 4.39 Å². The van der Waals surface area contributed by atoms with Crippen molar-refractivity contribution >= 4 is 17.7 Å². The minimum atomic E-state index is -1.14. The molecule has 1 aliphatic heterocycles. The second-order valence-electron chi connectivity index (χ2n) is 2.32. The first kappa shape index (κ1) is 7.85. The number of halogens is 1. The Morgan fingerprint density at radius 2 is 2.40 bits per heavy atom. The Morgan fingerprint density at radius 3 is 2.80 bits per heavy atom. The zero-order valence-electron chi connectivity index (χ0n) is 5.42. The van der Waals surface area contributed by atoms with Gasteiger partial charge in [-0.1, -0.05) is 0 Å². The minimum Gasteiger partial charge on any atom is -0.481 e. The second-order valence-corrected chi connectivity index (χ2v) is 3.47. The van der Waals surface area contributed by atoms with Gasteiger partial charge in [-0.25, -0.2) is 4.39 Å². The number of aliphatic carboxylic acids is 1. The predicted octanol–water partition coefficient (Wildman–Crippen LogP) is 1.16. The molecular weight excluding hydrogens is 155 g/mol. The average Bonchev–Trinajstić information content (AvgIpc) is 1.88. The molecule has 2 nitrogen and oxygen atoms in total. The van der Waals surface area contributed by atoms with E-state index in [1.165, 1.54) is 11.8 Å². The lowest BCUT2D eigenvalue weighted by Crippen LogP contribution is -2.30. The summed E-state index contributed by atoms with van der Waals surface area (Å²) in [5, 5.41) is 8.46. The lowest BCUT2D eigenvalue weighted by molar-refractivity contribution is -0.143. The fraction of sp³-hybridized carbons (Fsp3) is 0.833. The van der Waals surface area contributed by atoms with E-state index in [2.05, 4.69) is 0 Å². The van der Waals surface area contributed by atoms with E-state index in [-0.39, 0.29) is 0 Å². The molecule has 0 saturated carbocycles. The van der Waals surface area contributed by atoms with E-state index < -0.39 is 18.1 Å². The molecule has 0 aromatic carbocycles. The Kier molecular flexibility index (Phi) is 2.54. The fourth-order valence-electron chi connectivity index (χ4n) is 0.981. The summed E-state index contributed by atoms with van der Waals surface area (Å²) in [6.45, 7) is 0. The molecule has 1 saturated heterocycles. The molecule has 2 atom stereocenters. The molecule has 0 radical (unpaired) electrons. The number of hydrogen-bond acceptors (Lipinski definition) is 2. The van der Waals surface area contributed by atoms with Crippen LogP contribution in [0.1, 0.15) is 6.42 Å². The predicted molar refractivity (Wildman–Crippen MR) is 38.0 cm³/mol. The van der Waals surface area contributed by atoms with E-state index in [9.17, 15) is 9.18 Å². The second kappa shape index (κ2) is 3.23. The van der Waals surface area contributed by atoms with Gasteiger partial charge in [-0.15, -0.1) is 0 Å². The van der Waals surface area contributed by atoms with Crippen LogP contribution in [0.5, 0.6) is 0 Å². The largest absolute Gasteiger partial charge is 0.481 e. The smallest absolute Gasteiger partial charge is 0.309 e. The third-order valence-corrected chi connectivity index (χ3v) is 2.68. The van der Waals surface area contributed by atoms with Crippen LogP contribution in [0.15, 0.2) is 0 Å². The van der Waals surface area contributed by atoms with E-state index in [1.807, 2.05) is 0 Å². The number of carbonyl (C=O) groups is 1. The molecule has 10 heavy (non-hydrogen) atoms. The van der Waals surface area contributed by atoms with E-state index in [0.29, 0.717) is 12.2 Å². The summed E-state index contributed by atoms with van der Waals surface area (Å²) in [6, 6.07) is 0. The molecule has 1 fully saturated rings. The molecular formula is C6H9FO2S. The zero-order chi connectivity index (χ0) is 7.56. The van der Waals surface area contributed by atoms with E-state index >= 15 is 0 Å². The zero-order valence-corrected chi connectivity index (χ0v) is 6.23. The van der Waals surface area contributed by atoms with Crippen molar-refractivity contribution in [3.05, 3.63) is 0 Å². The first-order valence-corrected chi connectivity index (χ1v) is 4.32. The molecule has 1 heterocycles. The Bertz CT molecular complexity index is 140. The van der Waals surface area contributed by atoms with Gasteiger partial charge in [-0.3, -0.25) is 4.79 Å². The number of carboxylic acid groups (broad SMARTS) is 1. The molecule has 0 unspecified atom stereocenters. The summed E-state index contributed by atoms with van der Waals surface area (Å²) in [6.07, 6.45) is -0.669. The molecule has 0 aliphatic carbocycles. The number of rotatable bonds is 1. The Labute approximate surface area is 62.8 Å². The molecule has 0 spiro atoms. The van der Waals surface area contributed by atoms with Crippen LogP contribution in [0.3, 0.4) is 0 Å². The summed E-state index contributed by atoms with van der Waals surface area (Å²) in [5.41, 5.74) is 0. The lowest BCUT2D eigenvalue weighted by atomic mass is 10.0. The van der Waals surface area contributed by atoms with E-state index in [4.69, 9.17) is 5.11 Å². The van der Waals surface area contributed by atoms with Gasteiger partial charge in [0.05, 0.1) is 5.92 Å². The Hall–Kier alpha value is -0.250. The quantitative estimate of drug-likeness (QED) is 0.632. The lowest BCUT2D eigenvalue weighted by Gasteiger charge is -2.21. The highest BCUT2D eigenvalue weighted by Gasteiger charge is 2.30. The van der Waals surface area contributed by atoms with Gasteiger partial charge in [-0.05, 0) is 12.2 Å². The normalized spacial score (nSPS) is 33.7. The number of alkyl halides is 1. The third-order valence-electron chi connectivity index (χ3n) is 1.60. The van der Waals surface area contributed by atoms with Crippen molar-refractivity contribution in [3.63, 3.8) is 0 Å². The summed E-state index contributed by atoms with van der Waals surface area (Å²) in [5.74, 6) is -0.622. The van der Waals surface area contributed by atoms with Crippen molar-refractivity contribution in [1.82, 2.24) is 0 Å². The maximum Gasteiger partial charge on any atom is 0.309 e. The highest BCUT2D eigenvalue weighted by molar-refractivity contribution is 7.99. The number of hydrogen-bond donors (Lipinski definition) is 1. The fourth-order valence-corrected chi connectivity index (χ4v) is 2.03. The van der Waals surface area contributed by atoms with Crippen molar-refractivity contribution in [1.29, 1.82) is 0 Å². The van der Waals surface area contributed by atoms with Crippen molar-refractivity contribution in [2.75, 3.05) is 11.5 Å². The van der Waals surface area contributed by atoms with Crippen LogP contribution >= 0.6 is 11.8 Å². The van der Waals surface area contributed by atoms with Crippen molar-refractivity contribution < 1.29 is 14.3 Å². The van der Waals surface area contributed by atoms with E-state index in [1.54, 1.807) is 0 Å². The SMILES string of the molecule is O=C(O)[C@H]1CCSC[C@H]1F. The van der Waals surface area contributed by atoms with Crippen LogP contribution in [0.25, 0.3) is 0 Å². The van der Waals surface area contributed by atoms with Crippen LogP contribution in [-0.4, -0.2) is 28.8 Å². The van der Waals surface area contributed by atoms with Crippen LogP contribution in [-0.2, 0) is 4.79 Å².